The number of alkyl halides is 4. The normalized spacial score (nSPS) is 11.6. The van der Waals surface area contributed by atoms with Crippen molar-refractivity contribution in [1.82, 2.24) is 0 Å². The molecule has 0 spiro atoms. The van der Waals surface area contributed by atoms with Crippen molar-refractivity contribution in [3.05, 3.63) is 28.2 Å². The van der Waals surface area contributed by atoms with E-state index in [2.05, 4.69) is 36.6 Å². The fraction of sp³-hybridized carbons (Fsp3) is 0.400. The molecule has 1 aromatic carbocycles. The van der Waals surface area contributed by atoms with Crippen molar-refractivity contribution in [3.8, 4) is 5.75 Å². The number of rotatable bonds is 4. The number of benzene rings is 1. The summed E-state index contributed by atoms with van der Waals surface area (Å²) in [5, 5.41) is 0.818. The van der Waals surface area contributed by atoms with E-state index < -0.39 is 6.36 Å². The number of hydrogen-bond donors (Lipinski definition) is 0. The third kappa shape index (κ3) is 4.74. The standard InChI is InChI=1S/C10H9Br2F3O/c11-5-1-2-7-3-4-8(12)9(6-7)16-10(13,14)15/h3-4,6H,1-2,5H2. The molecule has 1 nitrogen and oxygen atoms in total. The first kappa shape index (κ1) is 13.8. The molecule has 0 N–H and O–H groups in total. The number of hydrogen-bond acceptors (Lipinski definition) is 1. The average molecular weight is 362 g/mol. The molecule has 0 heterocycles. The average Bonchev–Trinajstić information content (AvgIpc) is 2.17. The number of aryl methyl sites for hydroxylation is 1. The van der Waals surface area contributed by atoms with Gasteiger partial charge < -0.3 is 4.74 Å². The molecule has 6 heteroatoms. The van der Waals surface area contributed by atoms with Crippen molar-refractivity contribution in [2.45, 2.75) is 19.2 Å². The van der Waals surface area contributed by atoms with E-state index >= 15 is 0 Å². The Bertz CT molecular complexity index is 352. The van der Waals surface area contributed by atoms with Crippen LogP contribution < -0.4 is 4.74 Å². The minimum absolute atomic E-state index is 0.195. The van der Waals surface area contributed by atoms with Crippen molar-refractivity contribution in [2.24, 2.45) is 0 Å². The molecule has 1 aromatic rings. The molecule has 0 atom stereocenters. The summed E-state index contributed by atoms with van der Waals surface area (Å²) in [6.07, 6.45) is -3.07. The molecule has 0 unspecified atom stereocenters. The second-order valence-electron chi connectivity index (χ2n) is 3.11. The molecule has 0 radical (unpaired) electrons. The third-order valence-electron chi connectivity index (χ3n) is 1.82. The summed E-state index contributed by atoms with van der Waals surface area (Å²) < 4.78 is 40.4. The molecular formula is C10H9Br2F3O. The molecule has 0 saturated carbocycles. The minimum atomic E-state index is -4.66. The van der Waals surface area contributed by atoms with Crippen molar-refractivity contribution < 1.29 is 17.9 Å². The molecule has 0 aliphatic carbocycles. The summed E-state index contributed by atoms with van der Waals surface area (Å²) >= 11 is 6.29. The molecule has 0 aliphatic heterocycles. The van der Waals surface area contributed by atoms with Crippen molar-refractivity contribution in [2.75, 3.05) is 5.33 Å². The minimum Gasteiger partial charge on any atom is -0.405 e. The molecule has 0 bridgehead atoms. The Hall–Kier alpha value is -0.230. The molecule has 1 rings (SSSR count). The molecule has 0 amide bonds. The first-order chi connectivity index (χ1) is 7.42. The maximum Gasteiger partial charge on any atom is 0.573 e. The van der Waals surface area contributed by atoms with Crippen LogP contribution in [0.4, 0.5) is 13.2 Å². The lowest BCUT2D eigenvalue weighted by molar-refractivity contribution is -0.274. The van der Waals surface area contributed by atoms with Gasteiger partial charge in [-0.05, 0) is 46.5 Å². The molecule has 0 saturated heterocycles. The molecule has 0 fully saturated rings. The van der Waals surface area contributed by atoms with Crippen molar-refractivity contribution in [3.63, 3.8) is 0 Å². The summed E-state index contributed by atoms with van der Waals surface area (Å²) in [5.74, 6) is -0.195. The number of ether oxygens (including phenoxy) is 1. The van der Waals surface area contributed by atoms with Gasteiger partial charge in [0.05, 0.1) is 4.47 Å². The first-order valence-corrected chi connectivity index (χ1v) is 6.44. The lowest BCUT2D eigenvalue weighted by Crippen LogP contribution is -2.17. The van der Waals surface area contributed by atoms with Crippen LogP contribution in [0.25, 0.3) is 0 Å². The summed E-state index contributed by atoms with van der Waals surface area (Å²) in [5.41, 5.74) is 0.821. The van der Waals surface area contributed by atoms with Crippen LogP contribution in [0.1, 0.15) is 12.0 Å². The summed E-state index contributed by atoms with van der Waals surface area (Å²) in [6, 6.07) is 4.74. The zero-order valence-electron chi connectivity index (χ0n) is 8.15. The van der Waals surface area contributed by atoms with Gasteiger partial charge in [-0.3, -0.25) is 0 Å². The second-order valence-corrected chi connectivity index (χ2v) is 4.75. The lowest BCUT2D eigenvalue weighted by atomic mass is 10.1. The fourth-order valence-electron chi connectivity index (χ4n) is 1.18. The van der Waals surface area contributed by atoms with Gasteiger partial charge in [-0.15, -0.1) is 13.2 Å². The predicted octanol–water partition coefficient (Wildman–Crippen LogP) is 4.68. The Labute approximate surface area is 108 Å². The van der Waals surface area contributed by atoms with Gasteiger partial charge in [-0.25, -0.2) is 0 Å². The van der Waals surface area contributed by atoms with Gasteiger partial charge >= 0.3 is 6.36 Å². The largest absolute Gasteiger partial charge is 0.573 e. The van der Waals surface area contributed by atoms with E-state index in [4.69, 9.17) is 0 Å². The summed E-state index contributed by atoms with van der Waals surface area (Å²) in [6.45, 7) is 0. The Balaban J connectivity index is 2.82. The Kier molecular flexibility index (Phi) is 5.11. The Morgan fingerprint density at radius 2 is 1.94 bits per heavy atom. The zero-order chi connectivity index (χ0) is 12.2. The highest BCUT2D eigenvalue weighted by Gasteiger charge is 2.31. The van der Waals surface area contributed by atoms with Crippen LogP contribution in [0.3, 0.4) is 0 Å². The highest BCUT2D eigenvalue weighted by molar-refractivity contribution is 9.10. The predicted molar refractivity (Wildman–Crippen MR) is 62.9 cm³/mol. The maximum absolute atomic E-state index is 12.1. The third-order valence-corrected chi connectivity index (χ3v) is 3.04. The van der Waals surface area contributed by atoms with Gasteiger partial charge in [0.1, 0.15) is 5.75 Å². The zero-order valence-corrected chi connectivity index (χ0v) is 11.3. The monoisotopic (exact) mass is 360 g/mol. The van der Waals surface area contributed by atoms with Crippen LogP contribution in [0.5, 0.6) is 5.75 Å². The highest BCUT2D eigenvalue weighted by Crippen LogP contribution is 2.31. The van der Waals surface area contributed by atoms with Gasteiger partial charge in [0.2, 0.25) is 0 Å². The van der Waals surface area contributed by atoms with E-state index in [1.807, 2.05) is 0 Å². The van der Waals surface area contributed by atoms with E-state index in [1.54, 1.807) is 12.1 Å². The van der Waals surface area contributed by atoms with Gasteiger partial charge in [0, 0.05) is 5.33 Å². The Morgan fingerprint density at radius 1 is 1.25 bits per heavy atom. The first-order valence-electron chi connectivity index (χ1n) is 4.52. The topological polar surface area (TPSA) is 9.23 Å². The van der Waals surface area contributed by atoms with Gasteiger partial charge in [0.15, 0.2) is 0 Å². The summed E-state index contributed by atoms with van der Waals surface area (Å²) in [7, 11) is 0. The van der Waals surface area contributed by atoms with Crippen LogP contribution in [0.2, 0.25) is 0 Å². The molecule has 16 heavy (non-hydrogen) atoms. The Morgan fingerprint density at radius 3 is 2.50 bits per heavy atom. The highest BCUT2D eigenvalue weighted by atomic mass is 79.9. The molecule has 0 aromatic heterocycles. The summed E-state index contributed by atoms with van der Waals surface area (Å²) in [4.78, 5) is 0. The quantitative estimate of drug-likeness (QED) is 0.708. The van der Waals surface area contributed by atoms with Crippen LogP contribution >= 0.6 is 31.9 Å². The van der Waals surface area contributed by atoms with Crippen LogP contribution in [0, 0.1) is 0 Å². The van der Waals surface area contributed by atoms with E-state index in [0.717, 1.165) is 17.3 Å². The van der Waals surface area contributed by atoms with Crippen LogP contribution in [-0.2, 0) is 6.42 Å². The molecule has 0 aliphatic rings. The van der Waals surface area contributed by atoms with E-state index in [1.165, 1.54) is 6.07 Å². The van der Waals surface area contributed by atoms with Crippen LogP contribution in [0.15, 0.2) is 22.7 Å². The van der Waals surface area contributed by atoms with Gasteiger partial charge in [-0.1, -0.05) is 22.0 Å². The van der Waals surface area contributed by atoms with E-state index in [0.29, 0.717) is 10.9 Å². The number of halogens is 5. The second kappa shape index (κ2) is 5.91. The van der Waals surface area contributed by atoms with Gasteiger partial charge in [-0.2, -0.15) is 0 Å². The lowest BCUT2D eigenvalue weighted by Gasteiger charge is -2.11. The molecule has 90 valence electrons. The van der Waals surface area contributed by atoms with Crippen LogP contribution in [-0.4, -0.2) is 11.7 Å². The van der Waals surface area contributed by atoms with E-state index in [9.17, 15) is 13.2 Å². The van der Waals surface area contributed by atoms with Crippen molar-refractivity contribution >= 4 is 31.9 Å². The smallest absolute Gasteiger partial charge is 0.405 e. The fourth-order valence-corrected chi connectivity index (χ4v) is 1.79. The SMILES string of the molecule is FC(F)(F)Oc1cc(CCCBr)ccc1Br. The van der Waals surface area contributed by atoms with E-state index in [-0.39, 0.29) is 5.75 Å². The maximum atomic E-state index is 12.1. The molecular weight excluding hydrogens is 353 g/mol. The van der Waals surface area contributed by atoms with Crippen molar-refractivity contribution in [1.29, 1.82) is 0 Å². The van der Waals surface area contributed by atoms with Gasteiger partial charge in [0.25, 0.3) is 0 Å².